The van der Waals surface area contributed by atoms with Crippen LogP contribution in [0.1, 0.15) is 25.6 Å². The maximum Gasteiger partial charge on any atom is 0.317 e. The van der Waals surface area contributed by atoms with Crippen LogP contribution >= 0.6 is 0 Å². The van der Waals surface area contributed by atoms with Crippen LogP contribution in [0, 0.1) is 5.92 Å². The van der Waals surface area contributed by atoms with Crippen molar-refractivity contribution in [1.82, 2.24) is 20.4 Å². The molecule has 1 saturated heterocycles. The minimum Gasteiger partial charge on any atom is -0.508 e. The van der Waals surface area contributed by atoms with Gasteiger partial charge in [-0.15, -0.1) is 0 Å². The first-order valence-electron chi connectivity index (χ1n) is 8.89. The number of aromatic hydroxyl groups is 1. The summed E-state index contributed by atoms with van der Waals surface area (Å²) in [7, 11) is 0. The Balaban J connectivity index is 1.45. The highest BCUT2D eigenvalue weighted by Crippen LogP contribution is 2.21. The van der Waals surface area contributed by atoms with Crippen molar-refractivity contribution in [3.05, 3.63) is 36.0 Å². The number of nitrogens with one attached hydrogen (secondary N) is 1. The van der Waals surface area contributed by atoms with Crippen LogP contribution in [-0.4, -0.2) is 52.4 Å². The van der Waals surface area contributed by atoms with Crippen LogP contribution in [0.5, 0.6) is 5.75 Å². The van der Waals surface area contributed by atoms with Crippen molar-refractivity contribution in [2.75, 3.05) is 31.1 Å². The molecule has 0 atom stereocenters. The number of rotatable bonds is 5. The molecule has 140 valence electrons. The van der Waals surface area contributed by atoms with Gasteiger partial charge < -0.3 is 24.7 Å². The predicted octanol–water partition coefficient (Wildman–Crippen LogP) is 2.01. The molecule has 0 unspecified atom stereocenters. The molecule has 0 spiro atoms. The molecular weight excluding hydrogens is 334 g/mol. The molecule has 1 fully saturated rings. The van der Waals surface area contributed by atoms with E-state index in [1.54, 1.807) is 17.0 Å². The number of carbonyl (C=O) groups is 1. The fourth-order valence-corrected chi connectivity index (χ4v) is 2.93. The van der Waals surface area contributed by atoms with Crippen LogP contribution in [-0.2, 0) is 13.0 Å². The maximum atomic E-state index is 12.3. The highest BCUT2D eigenvalue weighted by Gasteiger charge is 2.21. The van der Waals surface area contributed by atoms with Gasteiger partial charge >= 0.3 is 6.03 Å². The zero-order valence-corrected chi connectivity index (χ0v) is 15.2. The van der Waals surface area contributed by atoms with Crippen LogP contribution in [0.3, 0.4) is 0 Å². The van der Waals surface area contributed by atoms with Crippen molar-refractivity contribution in [3.8, 4) is 5.75 Å². The van der Waals surface area contributed by atoms with E-state index in [-0.39, 0.29) is 18.3 Å². The van der Waals surface area contributed by atoms with Crippen molar-refractivity contribution >= 4 is 11.7 Å². The van der Waals surface area contributed by atoms with Gasteiger partial charge in [0.05, 0.1) is 6.54 Å². The first-order valence-corrected chi connectivity index (χ1v) is 8.89. The van der Waals surface area contributed by atoms with E-state index in [4.69, 9.17) is 4.52 Å². The topological polar surface area (TPSA) is 94.7 Å². The lowest BCUT2D eigenvalue weighted by Crippen LogP contribution is -2.51. The molecule has 2 amide bonds. The summed E-state index contributed by atoms with van der Waals surface area (Å²) < 4.78 is 5.16. The SMILES string of the molecule is CC(C)Cc1noc(CNC(=O)N2CCN(c3cccc(O)c3)CC2)n1. The van der Waals surface area contributed by atoms with E-state index >= 15 is 0 Å². The van der Waals surface area contributed by atoms with Crippen molar-refractivity contribution in [3.63, 3.8) is 0 Å². The average molecular weight is 359 g/mol. The first-order chi connectivity index (χ1) is 12.5. The van der Waals surface area contributed by atoms with Gasteiger partial charge in [0.25, 0.3) is 0 Å². The van der Waals surface area contributed by atoms with E-state index in [1.165, 1.54) is 0 Å². The van der Waals surface area contributed by atoms with E-state index in [2.05, 4.69) is 34.2 Å². The minimum atomic E-state index is -0.135. The number of hydrogen-bond acceptors (Lipinski definition) is 6. The lowest BCUT2D eigenvalue weighted by Gasteiger charge is -2.36. The van der Waals surface area contributed by atoms with Gasteiger partial charge in [-0.05, 0) is 18.1 Å². The minimum absolute atomic E-state index is 0.135. The number of phenols is 1. The van der Waals surface area contributed by atoms with E-state index in [0.717, 1.165) is 25.2 Å². The number of amides is 2. The van der Waals surface area contributed by atoms with Crippen LogP contribution in [0.4, 0.5) is 10.5 Å². The summed E-state index contributed by atoms with van der Waals surface area (Å²) in [5.74, 6) is 1.80. The number of benzene rings is 1. The fourth-order valence-electron chi connectivity index (χ4n) is 2.93. The normalized spacial score (nSPS) is 14.7. The Kier molecular flexibility index (Phi) is 5.60. The summed E-state index contributed by atoms with van der Waals surface area (Å²) >= 11 is 0. The third-order valence-corrected chi connectivity index (χ3v) is 4.25. The summed E-state index contributed by atoms with van der Waals surface area (Å²) in [5, 5.41) is 16.3. The van der Waals surface area contributed by atoms with E-state index in [0.29, 0.717) is 30.7 Å². The highest BCUT2D eigenvalue weighted by molar-refractivity contribution is 5.74. The van der Waals surface area contributed by atoms with Crippen LogP contribution in [0.25, 0.3) is 0 Å². The number of hydrogen-bond donors (Lipinski definition) is 2. The zero-order valence-electron chi connectivity index (χ0n) is 15.2. The Morgan fingerprint density at radius 2 is 2.08 bits per heavy atom. The van der Waals surface area contributed by atoms with Gasteiger partial charge in [-0.25, -0.2) is 4.79 Å². The molecule has 0 aliphatic carbocycles. The Morgan fingerprint density at radius 3 is 2.77 bits per heavy atom. The molecule has 1 aromatic carbocycles. The molecule has 8 nitrogen and oxygen atoms in total. The molecular formula is C18H25N5O3. The van der Waals surface area contributed by atoms with Gasteiger partial charge in [0.1, 0.15) is 5.75 Å². The number of nitrogens with zero attached hydrogens (tertiary/aromatic N) is 4. The molecule has 0 radical (unpaired) electrons. The molecule has 2 aromatic rings. The van der Waals surface area contributed by atoms with E-state index in [1.807, 2.05) is 12.1 Å². The predicted molar refractivity (Wildman–Crippen MR) is 97.0 cm³/mol. The average Bonchev–Trinajstić information content (AvgIpc) is 3.06. The monoisotopic (exact) mass is 359 g/mol. The van der Waals surface area contributed by atoms with Gasteiger partial charge in [0.2, 0.25) is 5.89 Å². The molecule has 8 heteroatoms. The highest BCUT2D eigenvalue weighted by atomic mass is 16.5. The lowest BCUT2D eigenvalue weighted by atomic mass is 10.1. The third kappa shape index (κ3) is 4.65. The van der Waals surface area contributed by atoms with Crippen LogP contribution < -0.4 is 10.2 Å². The van der Waals surface area contributed by atoms with Crippen LogP contribution in [0.2, 0.25) is 0 Å². The van der Waals surface area contributed by atoms with E-state index < -0.39 is 0 Å². The standard InChI is InChI=1S/C18H25N5O3/c1-13(2)10-16-20-17(26-21-16)12-19-18(25)23-8-6-22(7-9-23)14-4-3-5-15(24)11-14/h3-5,11,13,24H,6-10,12H2,1-2H3,(H,19,25). The van der Waals surface area contributed by atoms with Gasteiger partial charge in [0, 0.05) is 44.4 Å². The zero-order chi connectivity index (χ0) is 18.5. The first kappa shape index (κ1) is 18.0. The Morgan fingerprint density at radius 1 is 1.31 bits per heavy atom. The number of aromatic nitrogens is 2. The molecule has 3 rings (SSSR count). The van der Waals surface area contributed by atoms with E-state index in [9.17, 15) is 9.90 Å². The maximum absolute atomic E-state index is 12.3. The fraction of sp³-hybridized carbons (Fsp3) is 0.500. The molecule has 1 aromatic heterocycles. The number of carbonyl (C=O) groups excluding carboxylic acids is 1. The Hall–Kier alpha value is -2.77. The van der Waals surface area contributed by atoms with Gasteiger partial charge in [-0.1, -0.05) is 25.1 Å². The second kappa shape index (κ2) is 8.07. The molecule has 26 heavy (non-hydrogen) atoms. The molecule has 2 N–H and O–H groups in total. The lowest BCUT2D eigenvalue weighted by molar-refractivity contribution is 0.192. The summed E-state index contributed by atoms with van der Waals surface area (Å²) in [6.45, 7) is 7.08. The van der Waals surface area contributed by atoms with Gasteiger partial charge in [0.15, 0.2) is 5.82 Å². The summed E-state index contributed by atoms with van der Waals surface area (Å²) in [6, 6.07) is 7.03. The molecule has 0 saturated carbocycles. The smallest absolute Gasteiger partial charge is 0.317 e. The largest absolute Gasteiger partial charge is 0.508 e. The van der Waals surface area contributed by atoms with Crippen molar-refractivity contribution in [2.24, 2.45) is 5.92 Å². The summed E-state index contributed by atoms with van der Waals surface area (Å²) in [5.41, 5.74) is 0.966. The molecule has 1 aliphatic rings. The van der Waals surface area contributed by atoms with Gasteiger partial charge in [-0.3, -0.25) is 0 Å². The molecule has 1 aliphatic heterocycles. The summed E-state index contributed by atoms with van der Waals surface area (Å²) in [4.78, 5) is 20.5. The van der Waals surface area contributed by atoms with Crippen LogP contribution in [0.15, 0.2) is 28.8 Å². The third-order valence-electron chi connectivity index (χ3n) is 4.25. The number of anilines is 1. The number of phenolic OH excluding ortho intramolecular Hbond substituents is 1. The number of piperazine rings is 1. The second-order valence-electron chi connectivity index (χ2n) is 6.85. The Labute approximate surface area is 152 Å². The van der Waals surface area contributed by atoms with Crippen molar-refractivity contribution in [1.29, 1.82) is 0 Å². The van der Waals surface area contributed by atoms with Crippen molar-refractivity contribution < 1.29 is 14.4 Å². The quantitative estimate of drug-likeness (QED) is 0.848. The molecule has 0 bridgehead atoms. The van der Waals surface area contributed by atoms with Gasteiger partial charge in [-0.2, -0.15) is 4.98 Å². The molecule has 2 heterocycles. The summed E-state index contributed by atoms with van der Waals surface area (Å²) in [6.07, 6.45) is 0.758. The second-order valence-corrected chi connectivity index (χ2v) is 6.85. The van der Waals surface area contributed by atoms with Crippen molar-refractivity contribution in [2.45, 2.75) is 26.8 Å². The number of urea groups is 1. The Bertz CT molecular complexity index is 738.